The van der Waals surface area contributed by atoms with Crippen molar-refractivity contribution in [1.82, 2.24) is 4.98 Å². The zero-order valence-corrected chi connectivity index (χ0v) is 16.0. The third-order valence-corrected chi connectivity index (χ3v) is 5.10. The van der Waals surface area contributed by atoms with Crippen molar-refractivity contribution in [3.05, 3.63) is 59.0 Å². The fourth-order valence-corrected chi connectivity index (χ4v) is 3.65. The van der Waals surface area contributed by atoms with Gasteiger partial charge in [-0.2, -0.15) is 0 Å². The quantitative estimate of drug-likeness (QED) is 0.640. The molecule has 0 radical (unpaired) electrons. The Bertz CT molecular complexity index is 1040. The van der Waals surface area contributed by atoms with E-state index in [-0.39, 0.29) is 18.3 Å². The summed E-state index contributed by atoms with van der Waals surface area (Å²) < 4.78 is 11.0. The minimum Gasteiger partial charge on any atom is -0.493 e. The summed E-state index contributed by atoms with van der Waals surface area (Å²) in [4.78, 5) is 28.0. The molecule has 1 aliphatic rings. The lowest BCUT2D eigenvalue weighted by atomic mass is 10.1. The highest BCUT2D eigenvalue weighted by molar-refractivity contribution is 7.14. The summed E-state index contributed by atoms with van der Waals surface area (Å²) in [7, 11) is 0. The Kier molecular flexibility index (Phi) is 5.08. The smallest absolute Gasteiger partial charge is 0.264 e. The topological polar surface area (TPSA) is 77.5 Å². The minimum absolute atomic E-state index is 0.0525. The van der Waals surface area contributed by atoms with Crippen molar-refractivity contribution in [3.8, 4) is 22.8 Å². The van der Waals surface area contributed by atoms with Crippen molar-refractivity contribution in [2.75, 3.05) is 18.5 Å². The zero-order valence-electron chi connectivity index (χ0n) is 15.2. The van der Waals surface area contributed by atoms with E-state index in [9.17, 15) is 9.59 Å². The van der Waals surface area contributed by atoms with E-state index in [0.29, 0.717) is 23.1 Å². The number of hydrogen-bond donors (Lipinski definition) is 1. The number of aromatic nitrogens is 1. The van der Waals surface area contributed by atoms with Crippen molar-refractivity contribution in [1.29, 1.82) is 0 Å². The molecule has 3 aromatic rings. The molecular formula is C21H18N2O4S. The number of carbonyl (C=O) groups excluding carboxylic acids is 2. The van der Waals surface area contributed by atoms with E-state index < -0.39 is 0 Å². The van der Waals surface area contributed by atoms with Gasteiger partial charge in [0.1, 0.15) is 11.5 Å². The molecule has 1 aliphatic heterocycles. The molecule has 7 heteroatoms. The molecule has 1 aromatic heterocycles. The lowest BCUT2D eigenvalue weighted by Gasteiger charge is -2.06. The molecule has 0 atom stereocenters. The SMILES string of the molecule is CC(=O)c1cccc(OCC(=O)Nc2nc(-c3ccc4c(c3)CCO4)cs2)c1. The predicted octanol–water partition coefficient (Wildman–Crippen LogP) is 3.97. The largest absolute Gasteiger partial charge is 0.493 e. The summed E-state index contributed by atoms with van der Waals surface area (Å²) in [5.41, 5.74) is 3.53. The van der Waals surface area contributed by atoms with Crippen molar-refractivity contribution >= 4 is 28.2 Å². The van der Waals surface area contributed by atoms with E-state index in [1.54, 1.807) is 24.3 Å². The molecule has 28 heavy (non-hydrogen) atoms. The van der Waals surface area contributed by atoms with Gasteiger partial charge in [-0.3, -0.25) is 14.9 Å². The molecule has 0 fully saturated rings. The second-order valence-electron chi connectivity index (χ2n) is 6.38. The lowest BCUT2D eigenvalue weighted by molar-refractivity contribution is -0.118. The zero-order chi connectivity index (χ0) is 19.5. The van der Waals surface area contributed by atoms with Crippen LogP contribution in [0.25, 0.3) is 11.3 Å². The summed E-state index contributed by atoms with van der Waals surface area (Å²) in [6, 6.07) is 12.8. The Hall–Kier alpha value is -3.19. The Balaban J connectivity index is 1.36. The van der Waals surface area contributed by atoms with Crippen molar-refractivity contribution in [2.24, 2.45) is 0 Å². The van der Waals surface area contributed by atoms with Gasteiger partial charge in [-0.05, 0) is 42.8 Å². The van der Waals surface area contributed by atoms with Crippen LogP contribution in [0.3, 0.4) is 0 Å². The third-order valence-electron chi connectivity index (χ3n) is 4.35. The van der Waals surface area contributed by atoms with Crippen LogP contribution >= 0.6 is 11.3 Å². The van der Waals surface area contributed by atoms with Crippen LogP contribution in [-0.2, 0) is 11.2 Å². The summed E-state index contributed by atoms with van der Waals surface area (Å²) in [6.07, 6.45) is 0.902. The van der Waals surface area contributed by atoms with E-state index in [4.69, 9.17) is 9.47 Å². The number of nitrogens with one attached hydrogen (secondary N) is 1. The highest BCUT2D eigenvalue weighted by Crippen LogP contribution is 2.31. The van der Waals surface area contributed by atoms with Crippen LogP contribution in [0.2, 0.25) is 0 Å². The molecule has 2 heterocycles. The van der Waals surface area contributed by atoms with Gasteiger partial charge in [0, 0.05) is 22.9 Å². The highest BCUT2D eigenvalue weighted by Gasteiger charge is 2.14. The normalized spacial score (nSPS) is 12.2. The van der Waals surface area contributed by atoms with Gasteiger partial charge in [-0.1, -0.05) is 12.1 Å². The molecule has 2 aromatic carbocycles. The van der Waals surface area contributed by atoms with E-state index >= 15 is 0 Å². The standard InChI is InChI=1S/C21H18N2O4S/c1-13(24)14-3-2-4-17(10-14)27-11-20(25)23-21-22-18(12-28-21)15-5-6-19-16(9-15)7-8-26-19/h2-6,9-10,12H,7-8,11H2,1H3,(H,22,23,25). The minimum atomic E-state index is -0.309. The van der Waals surface area contributed by atoms with E-state index in [1.807, 2.05) is 17.5 Å². The fourth-order valence-electron chi connectivity index (χ4n) is 2.92. The second-order valence-corrected chi connectivity index (χ2v) is 7.24. The number of amides is 1. The van der Waals surface area contributed by atoms with Gasteiger partial charge in [-0.15, -0.1) is 11.3 Å². The first-order chi connectivity index (χ1) is 13.6. The summed E-state index contributed by atoms with van der Waals surface area (Å²) in [5, 5.41) is 5.16. The number of ether oxygens (including phenoxy) is 2. The monoisotopic (exact) mass is 394 g/mol. The number of carbonyl (C=O) groups is 2. The van der Waals surface area contributed by atoms with Crippen LogP contribution in [0.5, 0.6) is 11.5 Å². The van der Waals surface area contributed by atoms with E-state index in [1.165, 1.54) is 23.8 Å². The first-order valence-electron chi connectivity index (χ1n) is 8.84. The molecule has 0 saturated carbocycles. The van der Waals surface area contributed by atoms with Gasteiger partial charge in [0.25, 0.3) is 5.91 Å². The molecule has 4 rings (SSSR count). The van der Waals surface area contributed by atoms with Gasteiger partial charge < -0.3 is 9.47 Å². The molecule has 0 aliphatic carbocycles. The molecule has 1 amide bonds. The maximum Gasteiger partial charge on any atom is 0.264 e. The highest BCUT2D eigenvalue weighted by atomic mass is 32.1. The molecule has 0 bridgehead atoms. The van der Waals surface area contributed by atoms with Gasteiger partial charge in [0.2, 0.25) is 0 Å². The number of ketones is 1. The number of fused-ring (bicyclic) bond motifs is 1. The summed E-state index contributed by atoms with van der Waals surface area (Å²) in [5.74, 6) is 1.04. The molecular weight excluding hydrogens is 376 g/mol. The lowest BCUT2D eigenvalue weighted by Crippen LogP contribution is -2.20. The fraction of sp³-hybridized carbons (Fsp3) is 0.190. The Morgan fingerprint density at radius 1 is 1.25 bits per heavy atom. The second kappa shape index (κ2) is 7.82. The van der Waals surface area contributed by atoms with Crippen LogP contribution < -0.4 is 14.8 Å². The first-order valence-corrected chi connectivity index (χ1v) is 9.72. The number of hydrogen-bond acceptors (Lipinski definition) is 6. The Morgan fingerprint density at radius 3 is 3.00 bits per heavy atom. The Morgan fingerprint density at radius 2 is 2.14 bits per heavy atom. The van der Waals surface area contributed by atoms with Gasteiger partial charge in [-0.25, -0.2) is 4.98 Å². The number of benzene rings is 2. The number of nitrogens with zero attached hydrogens (tertiary/aromatic N) is 1. The van der Waals surface area contributed by atoms with Crippen LogP contribution in [0.1, 0.15) is 22.8 Å². The van der Waals surface area contributed by atoms with Gasteiger partial charge in [0.15, 0.2) is 17.5 Å². The molecule has 142 valence electrons. The third kappa shape index (κ3) is 4.04. The number of thiazole rings is 1. The van der Waals surface area contributed by atoms with E-state index in [0.717, 1.165) is 23.4 Å². The van der Waals surface area contributed by atoms with Crippen molar-refractivity contribution in [3.63, 3.8) is 0 Å². The average Bonchev–Trinajstić information content (AvgIpc) is 3.35. The molecule has 6 nitrogen and oxygen atoms in total. The Labute approximate surface area is 166 Å². The van der Waals surface area contributed by atoms with E-state index in [2.05, 4.69) is 16.4 Å². The maximum absolute atomic E-state index is 12.2. The summed E-state index contributed by atoms with van der Waals surface area (Å²) >= 11 is 1.36. The van der Waals surface area contributed by atoms with Crippen LogP contribution in [0.15, 0.2) is 47.8 Å². The predicted molar refractivity (Wildman–Crippen MR) is 107 cm³/mol. The molecule has 0 spiro atoms. The van der Waals surface area contributed by atoms with Crippen LogP contribution in [0.4, 0.5) is 5.13 Å². The van der Waals surface area contributed by atoms with Crippen LogP contribution in [0, 0.1) is 0 Å². The van der Waals surface area contributed by atoms with Crippen molar-refractivity contribution in [2.45, 2.75) is 13.3 Å². The van der Waals surface area contributed by atoms with Crippen molar-refractivity contribution < 1.29 is 19.1 Å². The summed E-state index contributed by atoms with van der Waals surface area (Å²) in [6.45, 7) is 2.04. The first kappa shape index (κ1) is 18.2. The van der Waals surface area contributed by atoms with Gasteiger partial charge >= 0.3 is 0 Å². The maximum atomic E-state index is 12.2. The number of anilines is 1. The molecule has 0 saturated heterocycles. The number of rotatable bonds is 6. The average molecular weight is 394 g/mol. The molecule has 1 N–H and O–H groups in total. The van der Waals surface area contributed by atoms with Gasteiger partial charge in [0.05, 0.1) is 12.3 Å². The molecule has 0 unspecified atom stereocenters. The van der Waals surface area contributed by atoms with Crippen LogP contribution in [-0.4, -0.2) is 29.9 Å². The number of Topliss-reactive ketones (excluding diaryl/α,β-unsaturated/α-hetero) is 1.